The molecule has 0 saturated carbocycles. The monoisotopic (exact) mass is 459 g/mol. The van der Waals surface area contributed by atoms with Crippen LogP contribution in [0.5, 0.6) is 0 Å². The van der Waals surface area contributed by atoms with Gasteiger partial charge in [-0.15, -0.1) is 0 Å². The third kappa shape index (κ3) is 7.77. The summed E-state index contributed by atoms with van der Waals surface area (Å²) in [4.78, 5) is 72.2. The van der Waals surface area contributed by atoms with Crippen molar-refractivity contribution in [2.45, 2.75) is 69.3 Å². The normalized spacial score (nSPS) is 19.3. The highest BCUT2D eigenvalue weighted by Crippen LogP contribution is 2.19. The predicted octanol–water partition coefficient (Wildman–Crippen LogP) is -3.52. The molecule has 0 radical (unpaired) electrons. The number of aliphatic hydroxyl groups excluding tert-OH is 1. The summed E-state index contributed by atoms with van der Waals surface area (Å²) < 4.78 is 0. The number of primary amides is 1. The van der Waals surface area contributed by atoms with Gasteiger partial charge in [0.1, 0.15) is 24.2 Å². The maximum absolute atomic E-state index is 12.8. The Kier molecular flexibility index (Phi) is 10.00. The minimum Gasteiger partial charge on any atom is -0.481 e. The van der Waals surface area contributed by atoms with Crippen molar-refractivity contribution >= 4 is 35.6 Å². The van der Waals surface area contributed by atoms with E-state index in [1.807, 2.05) is 0 Å². The van der Waals surface area contributed by atoms with E-state index in [4.69, 9.17) is 21.7 Å². The molecule has 0 aromatic carbocycles. The number of rotatable bonds is 12. The Balaban J connectivity index is 2.96. The lowest BCUT2D eigenvalue weighted by Gasteiger charge is -2.29. The summed E-state index contributed by atoms with van der Waals surface area (Å²) in [5.74, 6) is -6.23. The standard InChI is InChI=1S/C18H29N5O9/c1-8(24)14(20)17(30)23-6-2-3-11(23)16(29)21-9(4-5-13(26)27)15(28)22-10(18(31)32)7-12(19)25/h8-11,14,24H,2-7,20H2,1H3,(H2,19,25)(H,21,29)(H,22,28)(H,26,27)(H,31,32)/t8-,9+,10+,11+,14+/m1/s1. The van der Waals surface area contributed by atoms with Crippen LogP contribution in [0.1, 0.15) is 39.0 Å². The quantitative estimate of drug-likeness (QED) is 0.152. The van der Waals surface area contributed by atoms with Crippen molar-refractivity contribution in [3.8, 4) is 0 Å². The summed E-state index contributed by atoms with van der Waals surface area (Å²) >= 11 is 0. The third-order valence-corrected chi connectivity index (χ3v) is 4.94. The van der Waals surface area contributed by atoms with Crippen molar-refractivity contribution in [2.75, 3.05) is 6.54 Å². The van der Waals surface area contributed by atoms with E-state index >= 15 is 0 Å². The average molecular weight is 459 g/mol. The van der Waals surface area contributed by atoms with Gasteiger partial charge in [0, 0.05) is 13.0 Å². The predicted molar refractivity (Wildman–Crippen MR) is 107 cm³/mol. The molecule has 9 N–H and O–H groups in total. The average Bonchev–Trinajstić information content (AvgIpc) is 3.18. The zero-order chi connectivity index (χ0) is 24.6. The molecule has 5 atom stereocenters. The number of hydrogen-bond acceptors (Lipinski definition) is 8. The number of carboxylic acids is 2. The summed E-state index contributed by atoms with van der Waals surface area (Å²) in [5, 5.41) is 32.0. The molecule has 1 aliphatic heterocycles. The maximum Gasteiger partial charge on any atom is 0.326 e. The van der Waals surface area contributed by atoms with Crippen LogP contribution in [0.3, 0.4) is 0 Å². The van der Waals surface area contributed by atoms with Crippen molar-refractivity contribution in [1.29, 1.82) is 0 Å². The Hall–Kier alpha value is -3.26. The van der Waals surface area contributed by atoms with Gasteiger partial charge in [-0.1, -0.05) is 0 Å². The highest BCUT2D eigenvalue weighted by Gasteiger charge is 2.39. The first-order valence-corrected chi connectivity index (χ1v) is 9.92. The molecule has 0 bridgehead atoms. The summed E-state index contributed by atoms with van der Waals surface area (Å²) in [5.41, 5.74) is 10.6. The second-order valence-corrected chi connectivity index (χ2v) is 7.52. The zero-order valence-corrected chi connectivity index (χ0v) is 17.5. The van der Waals surface area contributed by atoms with E-state index in [0.717, 1.165) is 0 Å². The van der Waals surface area contributed by atoms with E-state index in [-0.39, 0.29) is 19.4 Å². The van der Waals surface area contributed by atoms with Gasteiger partial charge < -0.3 is 42.3 Å². The summed E-state index contributed by atoms with van der Waals surface area (Å²) in [6.07, 6.45) is -2.05. The van der Waals surface area contributed by atoms with Crippen LogP contribution in [-0.4, -0.2) is 92.6 Å². The molecule has 1 aliphatic rings. The van der Waals surface area contributed by atoms with Crippen LogP contribution in [0, 0.1) is 0 Å². The van der Waals surface area contributed by atoms with E-state index in [1.54, 1.807) is 0 Å². The highest BCUT2D eigenvalue weighted by molar-refractivity contribution is 5.95. The van der Waals surface area contributed by atoms with Crippen LogP contribution in [0.4, 0.5) is 0 Å². The molecule has 4 amide bonds. The van der Waals surface area contributed by atoms with Crippen molar-refractivity contribution in [3.05, 3.63) is 0 Å². The van der Waals surface area contributed by atoms with E-state index in [9.17, 15) is 33.9 Å². The molecule has 32 heavy (non-hydrogen) atoms. The van der Waals surface area contributed by atoms with Crippen LogP contribution >= 0.6 is 0 Å². The molecular weight excluding hydrogens is 430 g/mol. The van der Waals surface area contributed by atoms with Crippen molar-refractivity contribution in [1.82, 2.24) is 15.5 Å². The molecule has 0 aliphatic carbocycles. The molecule has 0 unspecified atom stereocenters. The lowest BCUT2D eigenvalue weighted by atomic mass is 10.1. The smallest absolute Gasteiger partial charge is 0.326 e. The van der Waals surface area contributed by atoms with Crippen molar-refractivity contribution in [2.24, 2.45) is 11.5 Å². The second kappa shape index (κ2) is 12.0. The number of amides is 4. The van der Waals surface area contributed by atoms with Gasteiger partial charge in [-0.3, -0.25) is 24.0 Å². The zero-order valence-electron chi connectivity index (χ0n) is 17.5. The first kappa shape index (κ1) is 26.8. The fraction of sp³-hybridized carbons (Fsp3) is 0.667. The van der Waals surface area contributed by atoms with Gasteiger partial charge in [-0.25, -0.2) is 4.79 Å². The molecule has 1 saturated heterocycles. The molecular formula is C18H29N5O9. The minimum atomic E-state index is -1.67. The van der Waals surface area contributed by atoms with Crippen LogP contribution in [0.25, 0.3) is 0 Å². The second-order valence-electron chi connectivity index (χ2n) is 7.52. The van der Waals surface area contributed by atoms with Crippen LogP contribution < -0.4 is 22.1 Å². The number of aliphatic carboxylic acids is 2. The molecule has 14 nitrogen and oxygen atoms in total. The number of likely N-dealkylation sites (tertiary alicyclic amines) is 1. The van der Waals surface area contributed by atoms with Gasteiger partial charge in [0.2, 0.25) is 23.6 Å². The van der Waals surface area contributed by atoms with Crippen LogP contribution in [0.15, 0.2) is 0 Å². The molecule has 0 aromatic rings. The molecule has 0 aromatic heterocycles. The lowest BCUT2D eigenvalue weighted by molar-refractivity contribution is -0.144. The number of carbonyl (C=O) groups is 6. The van der Waals surface area contributed by atoms with Gasteiger partial charge in [0.25, 0.3) is 0 Å². The first-order valence-electron chi connectivity index (χ1n) is 9.92. The Morgan fingerprint density at radius 3 is 2.22 bits per heavy atom. The molecule has 1 rings (SSSR count). The lowest BCUT2D eigenvalue weighted by Crippen LogP contribution is -2.57. The van der Waals surface area contributed by atoms with Gasteiger partial charge >= 0.3 is 11.9 Å². The van der Waals surface area contributed by atoms with E-state index in [2.05, 4.69) is 10.6 Å². The topological polar surface area (TPSA) is 242 Å². The number of nitrogens with zero attached hydrogens (tertiary/aromatic N) is 1. The van der Waals surface area contributed by atoms with Gasteiger partial charge in [-0.2, -0.15) is 0 Å². The number of aliphatic hydroxyl groups is 1. The maximum atomic E-state index is 12.8. The molecule has 1 heterocycles. The summed E-state index contributed by atoms with van der Waals surface area (Å²) in [7, 11) is 0. The SMILES string of the molecule is C[C@@H](O)[C@H](N)C(=O)N1CCC[C@H]1C(=O)N[C@@H](CCC(=O)O)C(=O)N[C@@H](CC(N)=O)C(=O)O. The van der Waals surface area contributed by atoms with Gasteiger partial charge in [-0.05, 0) is 26.2 Å². The van der Waals surface area contributed by atoms with Crippen LogP contribution in [-0.2, 0) is 28.8 Å². The van der Waals surface area contributed by atoms with E-state index in [1.165, 1.54) is 11.8 Å². The Labute approximate surface area is 183 Å². The third-order valence-electron chi connectivity index (χ3n) is 4.94. The van der Waals surface area contributed by atoms with E-state index < -0.39 is 78.7 Å². The Bertz CT molecular complexity index is 757. The number of nitrogens with two attached hydrogens (primary N) is 2. The largest absolute Gasteiger partial charge is 0.481 e. The van der Waals surface area contributed by atoms with Crippen molar-refractivity contribution < 1.29 is 44.1 Å². The molecule has 14 heteroatoms. The minimum absolute atomic E-state index is 0.197. The van der Waals surface area contributed by atoms with E-state index in [0.29, 0.717) is 6.42 Å². The Morgan fingerprint density at radius 2 is 1.72 bits per heavy atom. The summed E-state index contributed by atoms with van der Waals surface area (Å²) in [6, 6.07) is -5.37. The first-order chi connectivity index (χ1) is 14.8. The van der Waals surface area contributed by atoms with Crippen LogP contribution in [0.2, 0.25) is 0 Å². The van der Waals surface area contributed by atoms with Gasteiger partial charge in [0.15, 0.2) is 0 Å². The highest BCUT2D eigenvalue weighted by atomic mass is 16.4. The van der Waals surface area contributed by atoms with Gasteiger partial charge in [0.05, 0.1) is 12.5 Å². The fourth-order valence-corrected chi connectivity index (χ4v) is 3.18. The number of hydrogen-bond donors (Lipinski definition) is 7. The Morgan fingerprint density at radius 1 is 1.09 bits per heavy atom. The fourth-order valence-electron chi connectivity index (χ4n) is 3.18. The molecule has 1 fully saturated rings. The van der Waals surface area contributed by atoms with Crippen molar-refractivity contribution in [3.63, 3.8) is 0 Å². The molecule has 180 valence electrons. The number of carboxylic acid groups (broad SMARTS) is 2. The number of nitrogens with one attached hydrogen (secondary N) is 2. The summed E-state index contributed by atoms with van der Waals surface area (Å²) in [6.45, 7) is 1.52. The number of carbonyl (C=O) groups excluding carboxylic acids is 4. The molecule has 0 spiro atoms.